The summed E-state index contributed by atoms with van der Waals surface area (Å²) < 4.78 is 5.19. The van der Waals surface area contributed by atoms with Gasteiger partial charge in [-0.3, -0.25) is 14.8 Å². The number of aromatic amines is 1. The van der Waals surface area contributed by atoms with E-state index in [1.807, 2.05) is 11.8 Å². The molecule has 1 aliphatic heterocycles. The average molecular weight is 289 g/mol. The molecule has 0 spiro atoms. The lowest BCUT2D eigenvalue weighted by Gasteiger charge is -2.20. The number of amides is 1. The standard InChI is InChI=1S/C14H19N5O2/c1-11-15-13(17-16-11)10-18-5-3-6-19(8-7-18)14(20)12-4-2-9-21-12/h2,4,9H,3,5-8,10H2,1H3,(H,15,16,17). The Morgan fingerprint density at radius 1 is 1.38 bits per heavy atom. The fraction of sp³-hybridized carbons (Fsp3) is 0.500. The maximum Gasteiger partial charge on any atom is 0.289 e. The molecule has 7 nitrogen and oxygen atoms in total. The van der Waals surface area contributed by atoms with Crippen LogP contribution in [0.5, 0.6) is 0 Å². The highest BCUT2D eigenvalue weighted by Crippen LogP contribution is 2.11. The van der Waals surface area contributed by atoms with Crippen LogP contribution >= 0.6 is 0 Å². The quantitative estimate of drug-likeness (QED) is 0.914. The van der Waals surface area contributed by atoms with Crippen molar-refractivity contribution < 1.29 is 9.21 Å². The number of hydrogen-bond acceptors (Lipinski definition) is 5. The SMILES string of the molecule is Cc1nc(CN2CCCN(C(=O)c3ccco3)CC2)n[nH]1. The fourth-order valence-electron chi connectivity index (χ4n) is 2.55. The zero-order chi connectivity index (χ0) is 14.7. The summed E-state index contributed by atoms with van der Waals surface area (Å²) in [5.41, 5.74) is 0. The Labute approximate surface area is 122 Å². The summed E-state index contributed by atoms with van der Waals surface area (Å²) >= 11 is 0. The van der Waals surface area contributed by atoms with Gasteiger partial charge in [0.1, 0.15) is 5.82 Å². The van der Waals surface area contributed by atoms with Gasteiger partial charge < -0.3 is 9.32 Å². The summed E-state index contributed by atoms with van der Waals surface area (Å²) in [4.78, 5) is 20.7. The van der Waals surface area contributed by atoms with Crippen LogP contribution in [0.3, 0.4) is 0 Å². The summed E-state index contributed by atoms with van der Waals surface area (Å²) in [6.07, 6.45) is 2.47. The molecular formula is C14H19N5O2. The van der Waals surface area contributed by atoms with E-state index in [-0.39, 0.29) is 5.91 Å². The number of nitrogens with one attached hydrogen (secondary N) is 1. The second-order valence-electron chi connectivity index (χ2n) is 5.24. The first-order valence-corrected chi connectivity index (χ1v) is 7.15. The molecule has 0 aliphatic carbocycles. The highest BCUT2D eigenvalue weighted by Gasteiger charge is 2.22. The third-order valence-electron chi connectivity index (χ3n) is 3.62. The van der Waals surface area contributed by atoms with Crippen molar-refractivity contribution in [2.45, 2.75) is 19.9 Å². The normalized spacial score (nSPS) is 16.9. The molecule has 1 fully saturated rings. The van der Waals surface area contributed by atoms with E-state index < -0.39 is 0 Å². The molecule has 3 rings (SSSR count). The smallest absolute Gasteiger partial charge is 0.289 e. The van der Waals surface area contributed by atoms with E-state index >= 15 is 0 Å². The van der Waals surface area contributed by atoms with Crippen molar-refractivity contribution in [3.8, 4) is 0 Å². The van der Waals surface area contributed by atoms with Crippen LogP contribution in [0.15, 0.2) is 22.8 Å². The second-order valence-corrected chi connectivity index (χ2v) is 5.24. The van der Waals surface area contributed by atoms with Gasteiger partial charge in [-0.05, 0) is 25.5 Å². The van der Waals surface area contributed by atoms with Gasteiger partial charge in [-0.2, -0.15) is 5.10 Å². The van der Waals surface area contributed by atoms with Gasteiger partial charge in [0.15, 0.2) is 11.6 Å². The molecule has 0 saturated carbocycles. The first kappa shape index (κ1) is 13.8. The molecule has 3 heterocycles. The minimum atomic E-state index is -0.0319. The van der Waals surface area contributed by atoms with E-state index in [9.17, 15) is 4.79 Å². The Morgan fingerprint density at radius 3 is 3.00 bits per heavy atom. The topological polar surface area (TPSA) is 78.3 Å². The van der Waals surface area contributed by atoms with Crippen molar-refractivity contribution >= 4 is 5.91 Å². The Kier molecular flexibility index (Phi) is 4.01. The number of hydrogen-bond donors (Lipinski definition) is 1. The van der Waals surface area contributed by atoms with Crippen LogP contribution in [-0.2, 0) is 6.54 Å². The third-order valence-corrected chi connectivity index (χ3v) is 3.62. The van der Waals surface area contributed by atoms with Gasteiger partial charge in [-0.25, -0.2) is 4.98 Å². The second kappa shape index (κ2) is 6.09. The summed E-state index contributed by atoms with van der Waals surface area (Å²) in [6, 6.07) is 3.45. The van der Waals surface area contributed by atoms with Crippen LogP contribution in [0.1, 0.15) is 28.6 Å². The zero-order valence-electron chi connectivity index (χ0n) is 12.1. The maximum absolute atomic E-state index is 12.3. The van der Waals surface area contributed by atoms with E-state index in [0.29, 0.717) is 18.8 Å². The molecule has 1 N–H and O–H groups in total. The molecule has 21 heavy (non-hydrogen) atoms. The van der Waals surface area contributed by atoms with Crippen LogP contribution in [-0.4, -0.2) is 57.1 Å². The van der Waals surface area contributed by atoms with Gasteiger partial charge in [-0.1, -0.05) is 0 Å². The molecular weight excluding hydrogens is 270 g/mol. The van der Waals surface area contributed by atoms with Gasteiger partial charge in [0.25, 0.3) is 5.91 Å². The molecule has 2 aromatic heterocycles. The number of nitrogens with zero attached hydrogens (tertiary/aromatic N) is 4. The number of rotatable bonds is 3. The highest BCUT2D eigenvalue weighted by atomic mass is 16.3. The average Bonchev–Trinajstić information content (AvgIpc) is 3.08. The van der Waals surface area contributed by atoms with E-state index in [0.717, 1.165) is 37.7 Å². The van der Waals surface area contributed by atoms with Gasteiger partial charge in [0.2, 0.25) is 0 Å². The van der Waals surface area contributed by atoms with Crippen molar-refractivity contribution in [2.24, 2.45) is 0 Å². The summed E-state index contributed by atoms with van der Waals surface area (Å²) in [5.74, 6) is 2.01. The lowest BCUT2D eigenvalue weighted by atomic mass is 10.3. The van der Waals surface area contributed by atoms with Crippen LogP contribution in [0.2, 0.25) is 0 Å². The lowest BCUT2D eigenvalue weighted by Crippen LogP contribution is -2.35. The van der Waals surface area contributed by atoms with E-state index in [1.165, 1.54) is 6.26 Å². The molecule has 0 atom stereocenters. The van der Waals surface area contributed by atoms with Crippen molar-refractivity contribution in [3.63, 3.8) is 0 Å². The summed E-state index contributed by atoms with van der Waals surface area (Å²) in [6.45, 7) is 5.82. The molecule has 1 amide bonds. The van der Waals surface area contributed by atoms with Crippen LogP contribution < -0.4 is 0 Å². The van der Waals surface area contributed by atoms with E-state index in [4.69, 9.17) is 4.42 Å². The van der Waals surface area contributed by atoms with Crippen molar-refractivity contribution in [2.75, 3.05) is 26.2 Å². The van der Waals surface area contributed by atoms with Gasteiger partial charge in [-0.15, -0.1) is 0 Å². The zero-order valence-corrected chi connectivity index (χ0v) is 12.1. The van der Waals surface area contributed by atoms with Crippen LogP contribution in [0.25, 0.3) is 0 Å². The largest absolute Gasteiger partial charge is 0.459 e. The molecule has 0 radical (unpaired) electrons. The minimum Gasteiger partial charge on any atom is -0.459 e. The number of carbonyl (C=O) groups excluding carboxylic acids is 1. The summed E-state index contributed by atoms with van der Waals surface area (Å²) in [7, 11) is 0. The number of carbonyl (C=O) groups is 1. The van der Waals surface area contributed by atoms with Crippen LogP contribution in [0, 0.1) is 6.92 Å². The van der Waals surface area contributed by atoms with E-state index in [2.05, 4.69) is 20.1 Å². The predicted octanol–water partition coefficient (Wildman–Crippen LogP) is 1.05. The first-order valence-electron chi connectivity index (χ1n) is 7.15. The Hall–Kier alpha value is -2.15. The number of H-pyrrole nitrogens is 1. The maximum atomic E-state index is 12.3. The van der Waals surface area contributed by atoms with E-state index in [1.54, 1.807) is 12.1 Å². The molecule has 2 aromatic rings. The first-order chi connectivity index (χ1) is 10.2. The number of furan rings is 1. The predicted molar refractivity (Wildman–Crippen MR) is 75.6 cm³/mol. The van der Waals surface area contributed by atoms with Crippen LogP contribution in [0.4, 0.5) is 0 Å². The number of aromatic nitrogens is 3. The number of aryl methyl sites for hydroxylation is 1. The molecule has 0 aromatic carbocycles. The molecule has 1 aliphatic rings. The van der Waals surface area contributed by atoms with Gasteiger partial charge in [0, 0.05) is 26.2 Å². The van der Waals surface area contributed by atoms with Crippen molar-refractivity contribution in [1.29, 1.82) is 0 Å². The molecule has 7 heteroatoms. The van der Waals surface area contributed by atoms with Gasteiger partial charge in [0.05, 0.1) is 12.8 Å². The Morgan fingerprint density at radius 2 is 2.29 bits per heavy atom. The Balaban J connectivity index is 1.58. The molecule has 1 saturated heterocycles. The lowest BCUT2D eigenvalue weighted by molar-refractivity contribution is 0.0729. The van der Waals surface area contributed by atoms with Gasteiger partial charge >= 0.3 is 0 Å². The molecule has 112 valence electrons. The Bertz CT molecular complexity index is 592. The third kappa shape index (κ3) is 3.30. The molecule has 0 bridgehead atoms. The van der Waals surface area contributed by atoms with Crippen molar-refractivity contribution in [3.05, 3.63) is 35.8 Å². The monoisotopic (exact) mass is 289 g/mol. The summed E-state index contributed by atoms with van der Waals surface area (Å²) in [5, 5.41) is 7.02. The molecule has 0 unspecified atom stereocenters. The minimum absolute atomic E-state index is 0.0319. The highest BCUT2D eigenvalue weighted by molar-refractivity contribution is 5.91. The fourth-order valence-corrected chi connectivity index (χ4v) is 2.55. The van der Waals surface area contributed by atoms with Crippen molar-refractivity contribution in [1.82, 2.24) is 25.0 Å².